The summed E-state index contributed by atoms with van der Waals surface area (Å²) in [6.07, 6.45) is 1.43. The van der Waals surface area contributed by atoms with Crippen LogP contribution in [0.2, 0.25) is 0 Å². The van der Waals surface area contributed by atoms with E-state index < -0.39 is 6.17 Å². The monoisotopic (exact) mass is 176 g/mol. The first-order valence-electron chi connectivity index (χ1n) is 4.23. The van der Waals surface area contributed by atoms with Gasteiger partial charge in [0.2, 0.25) is 0 Å². The first kappa shape index (κ1) is 8.18. The molecule has 0 radical (unpaired) electrons. The highest BCUT2D eigenvalue weighted by Crippen LogP contribution is 2.44. The van der Waals surface area contributed by atoms with Crippen molar-refractivity contribution in [1.29, 1.82) is 5.26 Å². The summed E-state index contributed by atoms with van der Waals surface area (Å²) >= 11 is 0. The molecule has 1 heterocycles. The Labute approximate surface area is 76.0 Å². The number of nitriles is 1. The van der Waals surface area contributed by atoms with E-state index in [9.17, 15) is 4.39 Å². The minimum atomic E-state index is -0.756. The fraction of sp³-hybridized carbons (Fsp3) is 0.400. The molecular weight excluding hydrogens is 167 g/mol. The zero-order valence-electron chi connectivity index (χ0n) is 7.29. The molecule has 1 saturated carbocycles. The van der Waals surface area contributed by atoms with Gasteiger partial charge in [-0.1, -0.05) is 0 Å². The van der Waals surface area contributed by atoms with Crippen LogP contribution in [-0.2, 0) is 0 Å². The molecule has 2 nitrogen and oxygen atoms in total. The molecule has 2 rings (SSSR count). The molecule has 2 atom stereocenters. The highest BCUT2D eigenvalue weighted by Gasteiger charge is 2.40. The Hall–Kier alpha value is -1.43. The lowest BCUT2D eigenvalue weighted by atomic mass is 10.0. The van der Waals surface area contributed by atoms with Crippen molar-refractivity contribution < 1.29 is 4.39 Å². The normalized spacial score (nSPS) is 25.3. The number of alkyl halides is 1. The average Bonchev–Trinajstić information content (AvgIpc) is 2.82. The van der Waals surface area contributed by atoms with E-state index in [0.29, 0.717) is 17.7 Å². The van der Waals surface area contributed by atoms with Crippen molar-refractivity contribution in [2.24, 2.45) is 0 Å². The van der Waals surface area contributed by atoms with Crippen molar-refractivity contribution >= 4 is 0 Å². The van der Waals surface area contributed by atoms with Crippen LogP contribution in [0.5, 0.6) is 0 Å². The van der Waals surface area contributed by atoms with Crippen molar-refractivity contribution in [2.75, 3.05) is 0 Å². The number of hydrogen-bond donors (Lipinski definition) is 0. The average molecular weight is 176 g/mol. The van der Waals surface area contributed by atoms with E-state index >= 15 is 0 Å². The fourth-order valence-corrected chi connectivity index (χ4v) is 1.53. The van der Waals surface area contributed by atoms with Gasteiger partial charge in [0.25, 0.3) is 0 Å². The summed E-state index contributed by atoms with van der Waals surface area (Å²) in [6.45, 7) is 1.78. The summed E-state index contributed by atoms with van der Waals surface area (Å²) in [7, 11) is 0. The van der Waals surface area contributed by atoms with Crippen molar-refractivity contribution in [1.82, 2.24) is 4.98 Å². The standard InChI is InChI=1S/C10H9FN2/c1-6-9(5-12)7(2-3-13-6)8-4-10(8)11/h2-3,8,10H,4H2,1H3. The molecule has 0 spiro atoms. The summed E-state index contributed by atoms with van der Waals surface area (Å²) in [5, 5.41) is 8.85. The largest absolute Gasteiger partial charge is 0.260 e. The van der Waals surface area contributed by atoms with Crippen LogP contribution in [0.25, 0.3) is 0 Å². The molecular formula is C10H9FN2. The first-order valence-corrected chi connectivity index (χ1v) is 4.23. The van der Waals surface area contributed by atoms with E-state index in [0.717, 1.165) is 5.56 Å². The van der Waals surface area contributed by atoms with Gasteiger partial charge in [-0.25, -0.2) is 4.39 Å². The van der Waals surface area contributed by atoms with E-state index in [1.165, 1.54) is 0 Å². The topological polar surface area (TPSA) is 36.7 Å². The number of nitrogens with zero attached hydrogens (tertiary/aromatic N) is 2. The SMILES string of the molecule is Cc1nccc(C2CC2F)c1C#N. The van der Waals surface area contributed by atoms with Crippen LogP contribution < -0.4 is 0 Å². The molecule has 0 amide bonds. The Morgan fingerprint density at radius 3 is 2.92 bits per heavy atom. The molecule has 0 saturated heterocycles. The Kier molecular flexibility index (Phi) is 1.77. The third kappa shape index (κ3) is 1.29. The molecule has 13 heavy (non-hydrogen) atoms. The number of aryl methyl sites for hydroxylation is 1. The molecule has 1 aromatic heterocycles. The highest BCUT2D eigenvalue weighted by atomic mass is 19.1. The third-order valence-electron chi connectivity index (χ3n) is 2.40. The number of rotatable bonds is 1. The van der Waals surface area contributed by atoms with Crippen LogP contribution in [0.1, 0.15) is 29.2 Å². The Morgan fingerprint density at radius 1 is 1.69 bits per heavy atom. The fourth-order valence-electron chi connectivity index (χ4n) is 1.53. The summed E-state index contributed by atoms with van der Waals surface area (Å²) in [5.74, 6) is -0.0589. The van der Waals surface area contributed by atoms with Crippen molar-refractivity contribution in [3.63, 3.8) is 0 Å². The Morgan fingerprint density at radius 2 is 2.38 bits per heavy atom. The smallest absolute Gasteiger partial charge is 0.108 e. The lowest BCUT2D eigenvalue weighted by molar-refractivity contribution is 0.468. The predicted octanol–water partition coefficient (Wildman–Crippen LogP) is 2.09. The van der Waals surface area contributed by atoms with Gasteiger partial charge in [-0.3, -0.25) is 4.98 Å². The molecule has 1 aromatic rings. The minimum Gasteiger partial charge on any atom is -0.260 e. The molecule has 1 aliphatic rings. The van der Waals surface area contributed by atoms with Crippen LogP contribution in [0, 0.1) is 18.3 Å². The predicted molar refractivity (Wildman–Crippen MR) is 45.9 cm³/mol. The Balaban J connectivity index is 2.46. The summed E-state index contributed by atoms with van der Waals surface area (Å²) in [4.78, 5) is 4.00. The molecule has 1 fully saturated rings. The summed E-state index contributed by atoms with van der Waals surface area (Å²) in [5.41, 5.74) is 2.06. The second-order valence-electron chi connectivity index (χ2n) is 3.33. The van der Waals surface area contributed by atoms with Crippen LogP contribution in [0.3, 0.4) is 0 Å². The van der Waals surface area contributed by atoms with Gasteiger partial charge in [0.05, 0.1) is 11.3 Å². The second-order valence-corrected chi connectivity index (χ2v) is 3.33. The first-order chi connectivity index (χ1) is 6.24. The van der Waals surface area contributed by atoms with E-state index in [2.05, 4.69) is 11.1 Å². The Bertz CT molecular complexity index is 381. The number of hydrogen-bond acceptors (Lipinski definition) is 2. The quantitative estimate of drug-likeness (QED) is 0.656. The number of aromatic nitrogens is 1. The van der Waals surface area contributed by atoms with Gasteiger partial charge in [-0.2, -0.15) is 5.26 Å². The molecule has 0 N–H and O–H groups in total. The van der Waals surface area contributed by atoms with Gasteiger partial charge in [0.1, 0.15) is 12.2 Å². The lowest BCUT2D eigenvalue weighted by Gasteiger charge is -2.02. The maximum absolute atomic E-state index is 12.8. The number of halogens is 1. The van der Waals surface area contributed by atoms with E-state index in [4.69, 9.17) is 5.26 Å². The van der Waals surface area contributed by atoms with Gasteiger partial charge in [-0.05, 0) is 25.0 Å². The van der Waals surface area contributed by atoms with E-state index in [1.807, 2.05) is 0 Å². The molecule has 1 aliphatic carbocycles. The van der Waals surface area contributed by atoms with Crippen molar-refractivity contribution in [3.05, 3.63) is 29.1 Å². The molecule has 3 heteroatoms. The lowest BCUT2D eigenvalue weighted by Crippen LogP contribution is -1.94. The van der Waals surface area contributed by atoms with Crippen LogP contribution in [0.15, 0.2) is 12.3 Å². The second kappa shape index (κ2) is 2.81. The molecule has 66 valence electrons. The van der Waals surface area contributed by atoms with Gasteiger partial charge in [0, 0.05) is 12.1 Å². The van der Waals surface area contributed by atoms with Crippen molar-refractivity contribution in [2.45, 2.75) is 25.4 Å². The minimum absolute atomic E-state index is 0.0589. The molecule has 2 unspecified atom stereocenters. The zero-order chi connectivity index (χ0) is 9.42. The van der Waals surface area contributed by atoms with Crippen LogP contribution in [-0.4, -0.2) is 11.2 Å². The van der Waals surface area contributed by atoms with E-state index in [1.54, 1.807) is 19.2 Å². The molecule has 0 bridgehead atoms. The van der Waals surface area contributed by atoms with Gasteiger partial charge in [-0.15, -0.1) is 0 Å². The van der Waals surface area contributed by atoms with Gasteiger partial charge >= 0.3 is 0 Å². The summed E-state index contributed by atoms with van der Waals surface area (Å²) in [6, 6.07) is 3.82. The van der Waals surface area contributed by atoms with E-state index in [-0.39, 0.29) is 5.92 Å². The third-order valence-corrected chi connectivity index (χ3v) is 2.40. The zero-order valence-corrected chi connectivity index (χ0v) is 7.29. The maximum Gasteiger partial charge on any atom is 0.108 e. The van der Waals surface area contributed by atoms with Gasteiger partial charge in [0.15, 0.2) is 0 Å². The van der Waals surface area contributed by atoms with Crippen LogP contribution in [0.4, 0.5) is 4.39 Å². The van der Waals surface area contributed by atoms with Gasteiger partial charge < -0.3 is 0 Å². The highest BCUT2D eigenvalue weighted by molar-refractivity contribution is 5.44. The maximum atomic E-state index is 12.8. The van der Waals surface area contributed by atoms with Crippen LogP contribution >= 0.6 is 0 Å². The summed E-state index contributed by atoms with van der Waals surface area (Å²) < 4.78 is 12.8. The number of pyridine rings is 1. The van der Waals surface area contributed by atoms with Crippen molar-refractivity contribution in [3.8, 4) is 6.07 Å². The molecule has 0 aliphatic heterocycles. The molecule has 0 aromatic carbocycles.